The van der Waals surface area contributed by atoms with E-state index >= 15 is 0 Å². The lowest BCUT2D eigenvalue weighted by Gasteiger charge is -2.10. The van der Waals surface area contributed by atoms with Gasteiger partial charge in [0.1, 0.15) is 28.6 Å². The second kappa shape index (κ2) is 7.63. The summed E-state index contributed by atoms with van der Waals surface area (Å²) in [7, 11) is 0. The van der Waals surface area contributed by atoms with Gasteiger partial charge in [-0.05, 0) is 50.2 Å². The summed E-state index contributed by atoms with van der Waals surface area (Å²) < 4.78 is 21.9. The Bertz CT molecular complexity index is 1280. The first-order chi connectivity index (χ1) is 14.0. The van der Waals surface area contributed by atoms with E-state index in [0.29, 0.717) is 44.2 Å². The molecule has 1 amide bonds. The van der Waals surface area contributed by atoms with Gasteiger partial charge in [0.15, 0.2) is 0 Å². The number of amides is 1. The second-order valence-corrected chi connectivity index (χ2v) is 7.50. The van der Waals surface area contributed by atoms with E-state index in [1.54, 1.807) is 43.3 Å². The molecule has 0 radical (unpaired) electrons. The van der Waals surface area contributed by atoms with Crippen LogP contribution in [0.25, 0.3) is 20.3 Å². The number of nitrogens with zero attached hydrogens (tertiary/aromatic N) is 2. The van der Waals surface area contributed by atoms with Crippen LogP contribution in [0.15, 0.2) is 47.3 Å². The Labute approximate surface area is 169 Å². The molecule has 148 valence electrons. The number of carbonyl (C=O) groups is 1. The predicted octanol–water partition coefficient (Wildman–Crippen LogP) is 4.10. The fraction of sp³-hybridized carbons (Fsp3) is 0.190. The summed E-state index contributed by atoms with van der Waals surface area (Å²) in [6, 6.07) is 11.7. The minimum Gasteiger partial charge on any atom is -0.494 e. The van der Waals surface area contributed by atoms with Crippen LogP contribution in [0, 0.1) is 12.7 Å². The normalized spacial score (nSPS) is 11.1. The third-order valence-electron chi connectivity index (χ3n) is 4.49. The maximum atomic E-state index is 14.2. The van der Waals surface area contributed by atoms with Crippen molar-refractivity contribution in [1.82, 2.24) is 9.55 Å². The first-order valence-corrected chi connectivity index (χ1v) is 9.90. The van der Waals surface area contributed by atoms with Crippen LogP contribution in [0.4, 0.5) is 10.1 Å². The smallest absolute Gasteiger partial charge is 0.272 e. The zero-order chi connectivity index (χ0) is 20.5. The van der Waals surface area contributed by atoms with E-state index in [2.05, 4.69) is 10.3 Å². The van der Waals surface area contributed by atoms with E-state index in [0.717, 1.165) is 0 Å². The summed E-state index contributed by atoms with van der Waals surface area (Å²) >= 11 is 1.18. The maximum absolute atomic E-state index is 14.2. The summed E-state index contributed by atoms with van der Waals surface area (Å²) in [6.45, 7) is 3.91. The lowest BCUT2D eigenvalue weighted by atomic mass is 10.2. The van der Waals surface area contributed by atoms with Crippen molar-refractivity contribution < 1.29 is 13.9 Å². The second-order valence-electron chi connectivity index (χ2n) is 6.45. The van der Waals surface area contributed by atoms with Gasteiger partial charge in [-0.1, -0.05) is 6.07 Å². The SMILES string of the molecule is CCOc1ccc(NC(=O)Cn2c(C)nc3c(sc4cccc(F)c43)c2=O)cc1. The third kappa shape index (κ3) is 3.58. The van der Waals surface area contributed by atoms with Crippen molar-refractivity contribution in [2.24, 2.45) is 0 Å². The summed E-state index contributed by atoms with van der Waals surface area (Å²) in [5.41, 5.74) is 0.589. The molecule has 6 nitrogen and oxygen atoms in total. The van der Waals surface area contributed by atoms with Crippen molar-refractivity contribution in [2.45, 2.75) is 20.4 Å². The van der Waals surface area contributed by atoms with Crippen LogP contribution in [0.3, 0.4) is 0 Å². The van der Waals surface area contributed by atoms with Crippen molar-refractivity contribution in [3.05, 3.63) is 64.5 Å². The number of rotatable bonds is 5. The minimum absolute atomic E-state index is 0.183. The molecule has 29 heavy (non-hydrogen) atoms. The number of hydrogen-bond acceptors (Lipinski definition) is 5. The van der Waals surface area contributed by atoms with Gasteiger partial charge in [-0.25, -0.2) is 9.37 Å². The van der Waals surface area contributed by atoms with Gasteiger partial charge in [-0.2, -0.15) is 0 Å². The Morgan fingerprint density at radius 2 is 2.00 bits per heavy atom. The molecule has 0 saturated carbocycles. The van der Waals surface area contributed by atoms with Gasteiger partial charge >= 0.3 is 0 Å². The molecular formula is C21H18FN3O3S. The van der Waals surface area contributed by atoms with Crippen LogP contribution in [0.1, 0.15) is 12.7 Å². The maximum Gasteiger partial charge on any atom is 0.272 e. The van der Waals surface area contributed by atoms with E-state index < -0.39 is 5.82 Å². The molecule has 2 aromatic heterocycles. The lowest BCUT2D eigenvalue weighted by molar-refractivity contribution is -0.116. The topological polar surface area (TPSA) is 73.2 Å². The number of aryl methyl sites for hydroxylation is 1. The Hall–Kier alpha value is -3.26. The van der Waals surface area contributed by atoms with E-state index in [9.17, 15) is 14.0 Å². The monoisotopic (exact) mass is 411 g/mol. The van der Waals surface area contributed by atoms with Crippen molar-refractivity contribution in [2.75, 3.05) is 11.9 Å². The molecule has 4 aromatic rings. The average Bonchev–Trinajstić information content (AvgIpc) is 3.07. The van der Waals surface area contributed by atoms with Gasteiger partial charge in [-0.3, -0.25) is 14.2 Å². The van der Waals surface area contributed by atoms with E-state index in [1.807, 2.05) is 6.92 Å². The fourth-order valence-corrected chi connectivity index (χ4v) is 4.27. The van der Waals surface area contributed by atoms with E-state index in [1.165, 1.54) is 22.0 Å². The summed E-state index contributed by atoms with van der Waals surface area (Å²) in [4.78, 5) is 29.8. The number of carbonyl (C=O) groups excluding carboxylic acids is 1. The van der Waals surface area contributed by atoms with Gasteiger partial charge in [0.25, 0.3) is 5.56 Å². The van der Waals surface area contributed by atoms with Crippen molar-refractivity contribution in [3.63, 3.8) is 0 Å². The molecule has 0 unspecified atom stereocenters. The number of aromatic nitrogens is 2. The van der Waals surface area contributed by atoms with Gasteiger partial charge in [-0.15, -0.1) is 11.3 Å². The Morgan fingerprint density at radius 1 is 1.24 bits per heavy atom. The predicted molar refractivity (Wildman–Crippen MR) is 112 cm³/mol. The fourth-order valence-electron chi connectivity index (χ4n) is 3.17. The average molecular weight is 411 g/mol. The van der Waals surface area contributed by atoms with Gasteiger partial charge in [0.2, 0.25) is 5.91 Å². The zero-order valence-corrected chi connectivity index (χ0v) is 16.7. The van der Waals surface area contributed by atoms with Crippen LogP contribution >= 0.6 is 11.3 Å². The number of halogens is 1. The highest BCUT2D eigenvalue weighted by molar-refractivity contribution is 7.25. The summed E-state index contributed by atoms with van der Waals surface area (Å²) in [5, 5.41) is 3.11. The number of hydrogen-bond donors (Lipinski definition) is 1. The van der Waals surface area contributed by atoms with Crippen molar-refractivity contribution >= 4 is 43.2 Å². The van der Waals surface area contributed by atoms with Gasteiger partial charge in [0, 0.05) is 10.4 Å². The highest BCUT2D eigenvalue weighted by atomic mass is 32.1. The van der Waals surface area contributed by atoms with Crippen LogP contribution in [0.5, 0.6) is 5.75 Å². The van der Waals surface area contributed by atoms with E-state index in [-0.39, 0.29) is 18.0 Å². The summed E-state index contributed by atoms with van der Waals surface area (Å²) in [6.07, 6.45) is 0. The molecule has 2 aromatic carbocycles. The molecule has 2 heterocycles. The van der Waals surface area contributed by atoms with Crippen LogP contribution in [-0.4, -0.2) is 22.1 Å². The van der Waals surface area contributed by atoms with Crippen LogP contribution < -0.4 is 15.6 Å². The largest absolute Gasteiger partial charge is 0.494 e. The Morgan fingerprint density at radius 3 is 2.72 bits per heavy atom. The van der Waals surface area contributed by atoms with Crippen molar-refractivity contribution in [1.29, 1.82) is 0 Å². The third-order valence-corrected chi connectivity index (χ3v) is 5.63. The number of benzene rings is 2. The Balaban J connectivity index is 1.63. The van der Waals surface area contributed by atoms with Crippen LogP contribution in [-0.2, 0) is 11.3 Å². The first kappa shape index (κ1) is 19.1. The molecule has 4 rings (SSSR count). The van der Waals surface area contributed by atoms with Gasteiger partial charge < -0.3 is 10.1 Å². The number of nitrogens with one attached hydrogen (secondary N) is 1. The summed E-state index contributed by atoms with van der Waals surface area (Å²) in [5.74, 6) is 0.301. The number of fused-ring (bicyclic) bond motifs is 3. The molecule has 0 fully saturated rings. The Kier molecular flexibility index (Phi) is 5.02. The van der Waals surface area contributed by atoms with Crippen LogP contribution in [0.2, 0.25) is 0 Å². The van der Waals surface area contributed by atoms with Crippen molar-refractivity contribution in [3.8, 4) is 5.75 Å². The molecule has 1 N–H and O–H groups in total. The minimum atomic E-state index is -0.411. The molecule has 0 aliphatic carbocycles. The molecule has 0 saturated heterocycles. The van der Waals surface area contributed by atoms with Gasteiger partial charge in [0.05, 0.1) is 17.5 Å². The molecule has 0 spiro atoms. The number of anilines is 1. The zero-order valence-electron chi connectivity index (χ0n) is 15.9. The molecule has 0 aliphatic rings. The van der Waals surface area contributed by atoms with E-state index in [4.69, 9.17) is 4.74 Å². The standard InChI is InChI=1S/C21H18FN3O3S/c1-3-28-14-9-7-13(8-10-14)24-17(26)11-25-12(2)23-19-18-15(22)5-4-6-16(18)29-20(19)21(25)27/h4-10H,3,11H2,1-2H3,(H,24,26). The molecule has 0 aliphatic heterocycles. The quantitative estimate of drug-likeness (QED) is 0.537. The highest BCUT2D eigenvalue weighted by Crippen LogP contribution is 2.32. The molecule has 0 bridgehead atoms. The number of ether oxygens (including phenoxy) is 1. The lowest BCUT2D eigenvalue weighted by Crippen LogP contribution is -2.29. The first-order valence-electron chi connectivity index (χ1n) is 9.08. The molecular weight excluding hydrogens is 393 g/mol. The molecule has 0 atom stereocenters. The number of thiophene rings is 1. The molecule has 8 heteroatoms. The highest BCUT2D eigenvalue weighted by Gasteiger charge is 2.18.